The minimum Gasteiger partial charge on any atom is -0.287 e. The third-order valence-electron chi connectivity index (χ3n) is 5.61. The van der Waals surface area contributed by atoms with E-state index < -0.39 is 17.2 Å². The second kappa shape index (κ2) is 12.9. The van der Waals surface area contributed by atoms with E-state index in [1.807, 2.05) is 113 Å². The number of rotatable bonds is 8. The van der Waals surface area contributed by atoms with Crippen LogP contribution < -0.4 is 4.89 Å². The standard InChI is InChI=1S/C18H22O2.C14H12O3/c1-17(2,15-11-7-5-8-12-15)19-20-18(3,4)16-13-9-6-10-14-16;1-11-6-5-9-13(10-11)16-17-14(15)12-7-3-2-4-8-12/h5-14H,1-4H3;2-10H,1H3. The highest BCUT2D eigenvalue weighted by molar-refractivity contribution is 5.88. The van der Waals surface area contributed by atoms with Crippen molar-refractivity contribution in [2.75, 3.05) is 0 Å². The number of hydrogen-bond donors (Lipinski definition) is 0. The molecule has 0 saturated carbocycles. The molecular formula is C32H34O5. The van der Waals surface area contributed by atoms with Crippen LogP contribution in [0.15, 0.2) is 115 Å². The summed E-state index contributed by atoms with van der Waals surface area (Å²) in [6, 6.07) is 36.2. The summed E-state index contributed by atoms with van der Waals surface area (Å²) in [4.78, 5) is 32.7. The van der Waals surface area contributed by atoms with E-state index in [-0.39, 0.29) is 0 Å². The number of benzene rings is 4. The third kappa shape index (κ3) is 8.60. The minimum atomic E-state index is -0.507. The van der Waals surface area contributed by atoms with Crippen LogP contribution in [0.25, 0.3) is 0 Å². The largest absolute Gasteiger partial charge is 0.386 e. The maximum Gasteiger partial charge on any atom is 0.386 e. The van der Waals surface area contributed by atoms with Gasteiger partial charge in [-0.15, -0.1) is 0 Å². The highest BCUT2D eigenvalue weighted by Gasteiger charge is 2.29. The lowest BCUT2D eigenvalue weighted by atomic mass is 9.98. The smallest absolute Gasteiger partial charge is 0.287 e. The molecule has 0 spiro atoms. The van der Waals surface area contributed by atoms with Gasteiger partial charge in [0.1, 0.15) is 11.2 Å². The van der Waals surface area contributed by atoms with E-state index in [1.54, 1.807) is 36.4 Å². The molecule has 0 amide bonds. The number of hydrogen-bond acceptors (Lipinski definition) is 5. The molecule has 192 valence electrons. The Hall–Kier alpha value is -3.93. The molecular weight excluding hydrogens is 464 g/mol. The Kier molecular flexibility index (Phi) is 9.61. The molecule has 5 heteroatoms. The summed E-state index contributed by atoms with van der Waals surface area (Å²) in [5, 5.41) is 0. The summed E-state index contributed by atoms with van der Waals surface area (Å²) in [5.41, 5.74) is 2.69. The summed E-state index contributed by atoms with van der Waals surface area (Å²) in [7, 11) is 0. The molecule has 0 aliphatic carbocycles. The fourth-order valence-electron chi connectivity index (χ4n) is 3.36. The molecule has 0 atom stereocenters. The third-order valence-corrected chi connectivity index (χ3v) is 5.61. The molecule has 4 aromatic carbocycles. The average Bonchev–Trinajstić information content (AvgIpc) is 2.93. The summed E-state index contributed by atoms with van der Waals surface area (Å²) < 4.78 is 0. The van der Waals surface area contributed by atoms with Crippen molar-refractivity contribution in [3.63, 3.8) is 0 Å². The van der Waals surface area contributed by atoms with E-state index in [2.05, 4.69) is 0 Å². The van der Waals surface area contributed by atoms with Crippen molar-refractivity contribution in [3.8, 4) is 5.75 Å². The van der Waals surface area contributed by atoms with Crippen molar-refractivity contribution in [2.45, 2.75) is 45.8 Å². The Labute approximate surface area is 219 Å². The molecule has 4 aromatic rings. The van der Waals surface area contributed by atoms with Crippen molar-refractivity contribution in [2.24, 2.45) is 0 Å². The Morgan fingerprint density at radius 3 is 1.51 bits per heavy atom. The van der Waals surface area contributed by atoms with Crippen molar-refractivity contribution in [1.82, 2.24) is 0 Å². The minimum absolute atomic E-state index is 0.458. The predicted octanol–water partition coefficient (Wildman–Crippen LogP) is 7.95. The van der Waals surface area contributed by atoms with Gasteiger partial charge in [-0.05, 0) is 75.6 Å². The highest BCUT2D eigenvalue weighted by Crippen LogP contribution is 2.31. The van der Waals surface area contributed by atoms with Crippen molar-refractivity contribution < 1.29 is 24.3 Å². The van der Waals surface area contributed by atoms with Crippen LogP contribution in [-0.2, 0) is 25.9 Å². The molecule has 0 bridgehead atoms. The van der Waals surface area contributed by atoms with Crippen LogP contribution in [0.5, 0.6) is 5.75 Å². The monoisotopic (exact) mass is 498 g/mol. The first-order chi connectivity index (χ1) is 17.7. The fraction of sp³-hybridized carbons (Fsp3) is 0.219. The van der Waals surface area contributed by atoms with Gasteiger partial charge >= 0.3 is 5.97 Å². The summed E-state index contributed by atoms with van der Waals surface area (Å²) in [6.07, 6.45) is 0. The second-order valence-electron chi connectivity index (χ2n) is 9.56. The van der Waals surface area contributed by atoms with Gasteiger partial charge in [-0.2, -0.15) is 0 Å². The molecule has 0 fully saturated rings. The summed E-state index contributed by atoms with van der Waals surface area (Å²) in [5.74, 6) is 0.00128. The molecule has 0 unspecified atom stereocenters. The molecule has 0 aromatic heterocycles. The zero-order chi connectivity index (χ0) is 26.7. The molecule has 4 rings (SSSR count). The van der Waals surface area contributed by atoms with Gasteiger partial charge < -0.3 is 0 Å². The van der Waals surface area contributed by atoms with Crippen LogP contribution in [0.2, 0.25) is 0 Å². The first-order valence-corrected chi connectivity index (χ1v) is 12.2. The van der Waals surface area contributed by atoms with Crippen molar-refractivity contribution in [3.05, 3.63) is 138 Å². The Morgan fingerprint density at radius 1 is 0.595 bits per heavy atom. The van der Waals surface area contributed by atoms with E-state index in [9.17, 15) is 4.79 Å². The summed E-state index contributed by atoms with van der Waals surface area (Å²) in [6.45, 7) is 9.95. The molecule has 37 heavy (non-hydrogen) atoms. The lowest BCUT2D eigenvalue weighted by Gasteiger charge is -2.31. The SMILES string of the molecule is CC(C)(OOC(C)(C)c1ccccc1)c1ccccc1.Cc1cccc(OOC(=O)c2ccccc2)c1. The van der Waals surface area contributed by atoms with E-state index >= 15 is 0 Å². The maximum absolute atomic E-state index is 11.6. The lowest BCUT2D eigenvalue weighted by Crippen LogP contribution is -2.29. The van der Waals surface area contributed by atoms with Gasteiger partial charge in [-0.1, -0.05) is 91.0 Å². The molecule has 5 nitrogen and oxygen atoms in total. The maximum atomic E-state index is 11.6. The van der Waals surface area contributed by atoms with Crippen molar-refractivity contribution >= 4 is 5.97 Å². The van der Waals surface area contributed by atoms with Crippen LogP contribution >= 0.6 is 0 Å². The van der Waals surface area contributed by atoms with Crippen molar-refractivity contribution in [1.29, 1.82) is 0 Å². The first-order valence-electron chi connectivity index (χ1n) is 12.2. The average molecular weight is 499 g/mol. The van der Waals surface area contributed by atoms with Crippen LogP contribution in [0.4, 0.5) is 0 Å². The summed E-state index contributed by atoms with van der Waals surface area (Å²) >= 11 is 0. The molecule has 0 N–H and O–H groups in total. The van der Waals surface area contributed by atoms with Gasteiger partial charge in [0.15, 0.2) is 5.75 Å². The van der Waals surface area contributed by atoms with Gasteiger partial charge in [-0.3, -0.25) is 4.89 Å². The van der Waals surface area contributed by atoms with Gasteiger partial charge in [0.25, 0.3) is 0 Å². The quantitative estimate of drug-likeness (QED) is 0.182. The van der Waals surface area contributed by atoms with Crippen LogP contribution in [-0.4, -0.2) is 5.97 Å². The number of aryl methyl sites for hydroxylation is 1. The zero-order valence-electron chi connectivity index (χ0n) is 22.0. The van der Waals surface area contributed by atoms with Gasteiger partial charge in [-0.25, -0.2) is 19.5 Å². The van der Waals surface area contributed by atoms with Crippen LogP contribution in [0.3, 0.4) is 0 Å². The Bertz CT molecular complexity index is 1180. The predicted molar refractivity (Wildman–Crippen MR) is 145 cm³/mol. The number of carbonyl (C=O) groups excluding carboxylic acids is 1. The van der Waals surface area contributed by atoms with E-state index in [0.29, 0.717) is 11.3 Å². The molecule has 0 saturated heterocycles. The van der Waals surface area contributed by atoms with Gasteiger partial charge in [0.05, 0.1) is 5.56 Å². The van der Waals surface area contributed by atoms with Crippen LogP contribution in [0.1, 0.15) is 54.7 Å². The lowest BCUT2D eigenvalue weighted by molar-refractivity contribution is -0.410. The zero-order valence-corrected chi connectivity index (χ0v) is 22.0. The molecule has 0 heterocycles. The van der Waals surface area contributed by atoms with E-state index in [0.717, 1.165) is 16.7 Å². The first kappa shape index (κ1) is 27.7. The number of carbonyl (C=O) groups is 1. The molecule has 0 aliphatic rings. The Morgan fingerprint density at radius 2 is 1.05 bits per heavy atom. The normalized spacial score (nSPS) is 11.2. The fourth-order valence-corrected chi connectivity index (χ4v) is 3.36. The van der Waals surface area contributed by atoms with Gasteiger partial charge in [0.2, 0.25) is 0 Å². The van der Waals surface area contributed by atoms with E-state index in [4.69, 9.17) is 19.6 Å². The topological polar surface area (TPSA) is 54.0 Å². The molecule has 0 radical (unpaired) electrons. The highest BCUT2D eigenvalue weighted by atomic mass is 17.2. The molecule has 0 aliphatic heterocycles. The second-order valence-corrected chi connectivity index (χ2v) is 9.56. The Balaban J connectivity index is 0.000000208. The van der Waals surface area contributed by atoms with Crippen LogP contribution in [0, 0.1) is 6.92 Å². The van der Waals surface area contributed by atoms with Gasteiger partial charge in [0, 0.05) is 0 Å². The van der Waals surface area contributed by atoms with E-state index in [1.165, 1.54) is 0 Å².